The average molecular weight is 308 g/mol. The van der Waals surface area contributed by atoms with Gasteiger partial charge in [0, 0.05) is 0 Å². The SMILES string of the molecule is CC(=COCCOc1ccccc1)c1ccc2c(c1)CCCC2. The summed E-state index contributed by atoms with van der Waals surface area (Å²) in [5.74, 6) is 0.881. The van der Waals surface area contributed by atoms with Gasteiger partial charge in [-0.05, 0) is 67.0 Å². The quantitative estimate of drug-likeness (QED) is 0.551. The van der Waals surface area contributed by atoms with Crippen molar-refractivity contribution in [2.75, 3.05) is 13.2 Å². The standard InChI is InChI=1S/C21H24O2/c1-17(16-22-13-14-23-21-9-3-2-4-10-21)19-12-11-18-7-5-6-8-20(18)15-19/h2-4,9-12,15-16H,5-8,13-14H2,1H3. The molecule has 0 saturated heterocycles. The molecule has 0 unspecified atom stereocenters. The number of hydrogen-bond acceptors (Lipinski definition) is 2. The maximum Gasteiger partial charge on any atom is 0.122 e. The van der Waals surface area contributed by atoms with E-state index in [1.54, 1.807) is 0 Å². The van der Waals surface area contributed by atoms with Crippen LogP contribution in [0.3, 0.4) is 0 Å². The van der Waals surface area contributed by atoms with Crippen LogP contribution in [0.1, 0.15) is 36.5 Å². The molecular weight excluding hydrogens is 284 g/mol. The number of rotatable bonds is 6. The van der Waals surface area contributed by atoms with Crippen molar-refractivity contribution in [2.45, 2.75) is 32.6 Å². The Morgan fingerprint density at radius 2 is 1.74 bits per heavy atom. The van der Waals surface area contributed by atoms with Crippen LogP contribution in [-0.2, 0) is 17.6 Å². The Morgan fingerprint density at radius 3 is 2.57 bits per heavy atom. The van der Waals surface area contributed by atoms with Crippen LogP contribution < -0.4 is 4.74 Å². The van der Waals surface area contributed by atoms with Gasteiger partial charge in [-0.3, -0.25) is 0 Å². The van der Waals surface area contributed by atoms with E-state index < -0.39 is 0 Å². The zero-order valence-corrected chi connectivity index (χ0v) is 13.8. The molecular formula is C21H24O2. The third-order valence-electron chi connectivity index (χ3n) is 4.28. The summed E-state index contributed by atoms with van der Waals surface area (Å²) in [6.45, 7) is 3.21. The summed E-state index contributed by atoms with van der Waals surface area (Å²) >= 11 is 0. The minimum atomic E-state index is 0.553. The summed E-state index contributed by atoms with van der Waals surface area (Å²) in [5, 5.41) is 0. The molecule has 2 aromatic carbocycles. The van der Waals surface area contributed by atoms with E-state index in [0.29, 0.717) is 13.2 Å². The summed E-state index contributed by atoms with van der Waals surface area (Å²) in [5.41, 5.74) is 5.45. The lowest BCUT2D eigenvalue weighted by atomic mass is 9.89. The summed E-state index contributed by atoms with van der Waals surface area (Å²) in [6, 6.07) is 16.6. The average Bonchev–Trinajstić information content (AvgIpc) is 2.61. The van der Waals surface area contributed by atoms with Gasteiger partial charge < -0.3 is 9.47 Å². The van der Waals surface area contributed by atoms with Gasteiger partial charge in [-0.25, -0.2) is 0 Å². The molecule has 2 nitrogen and oxygen atoms in total. The lowest BCUT2D eigenvalue weighted by molar-refractivity contribution is 0.179. The summed E-state index contributed by atoms with van der Waals surface area (Å²) < 4.78 is 11.2. The molecule has 0 aromatic heterocycles. The molecule has 3 rings (SSSR count). The molecule has 0 amide bonds. The first kappa shape index (κ1) is 15.7. The fraction of sp³-hybridized carbons (Fsp3) is 0.333. The van der Waals surface area contributed by atoms with Gasteiger partial charge >= 0.3 is 0 Å². The van der Waals surface area contributed by atoms with Crippen molar-refractivity contribution in [3.05, 3.63) is 71.5 Å². The first-order chi connectivity index (χ1) is 11.3. The van der Waals surface area contributed by atoms with Gasteiger partial charge in [0.1, 0.15) is 19.0 Å². The van der Waals surface area contributed by atoms with Crippen LogP contribution in [0.5, 0.6) is 5.75 Å². The van der Waals surface area contributed by atoms with Gasteiger partial charge in [-0.15, -0.1) is 0 Å². The van der Waals surface area contributed by atoms with Gasteiger partial charge in [0.25, 0.3) is 0 Å². The molecule has 23 heavy (non-hydrogen) atoms. The Hall–Kier alpha value is -2.22. The Labute approximate surface area is 138 Å². The van der Waals surface area contributed by atoms with E-state index in [9.17, 15) is 0 Å². The van der Waals surface area contributed by atoms with E-state index >= 15 is 0 Å². The highest BCUT2D eigenvalue weighted by Gasteiger charge is 2.09. The predicted octanol–water partition coefficient (Wildman–Crippen LogP) is 5.02. The molecule has 0 heterocycles. The third kappa shape index (κ3) is 4.38. The summed E-state index contributed by atoms with van der Waals surface area (Å²) in [7, 11) is 0. The highest BCUT2D eigenvalue weighted by molar-refractivity contribution is 5.64. The number of fused-ring (bicyclic) bond motifs is 1. The fourth-order valence-corrected chi connectivity index (χ4v) is 2.96. The van der Waals surface area contributed by atoms with Crippen molar-refractivity contribution in [3.63, 3.8) is 0 Å². The van der Waals surface area contributed by atoms with Crippen molar-refractivity contribution in [1.29, 1.82) is 0 Å². The highest BCUT2D eigenvalue weighted by Crippen LogP contribution is 2.25. The largest absolute Gasteiger partial charge is 0.497 e. The van der Waals surface area contributed by atoms with Crippen LogP contribution in [0, 0.1) is 0 Å². The van der Waals surface area contributed by atoms with Crippen molar-refractivity contribution in [2.24, 2.45) is 0 Å². The number of aryl methyl sites for hydroxylation is 2. The number of allylic oxidation sites excluding steroid dienone is 1. The monoisotopic (exact) mass is 308 g/mol. The van der Waals surface area contributed by atoms with Crippen LogP contribution in [0.25, 0.3) is 5.57 Å². The minimum absolute atomic E-state index is 0.553. The van der Waals surface area contributed by atoms with E-state index in [1.165, 1.54) is 42.4 Å². The molecule has 0 fully saturated rings. The number of ether oxygens (including phenoxy) is 2. The van der Waals surface area contributed by atoms with E-state index in [2.05, 4.69) is 25.1 Å². The maximum atomic E-state index is 5.63. The molecule has 2 heteroatoms. The molecule has 2 aromatic rings. The van der Waals surface area contributed by atoms with Crippen LogP contribution in [0.2, 0.25) is 0 Å². The van der Waals surface area contributed by atoms with Crippen LogP contribution >= 0.6 is 0 Å². The molecule has 0 bridgehead atoms. The van der Waals surface area contributed by atoms with Gasteiger partial charge in [0.15, 0.2) is 0 Å². The van der Waals surface area contributed by atoms with E-state index in [-0.39, 0.29) is 0 Å². The Kier molecular flexibility index (Phi) is 5.36. The van der Waals surface area contributed by atoms with Crippen LogP contribution in [-0.4, -0.2) is 13.2 Å². The third-order valence-corrected chi connectivity index (χ3v) is 4.28. The molecule has 0 N–H and O–H groups in total. The van der Waals surface area contributed by atoms with Crippen LogP contribution in [0.4, 0.5) is 0 Å². The molecule has 1 aliphatic carbocycles. The van der Waals surface area contributed by atoms with Crippen molar-refractivity contribution < 1.29 is 9.47 Å². The van der Waals surface area contributed by atoms with E-state index in [4.69, 9.17) is 9.47 Å². The minimum Gasteiger partial charge on any atom is -0.497 e. The number of benzene rings is 2. The second kappa shape index (κ2) is 7.87. The Bertz CT molecular complexity index is 659. The molecule has 0 aliphatic heterocycles. The van der Waals surface area contributed by atoms with Crippen molar-refractivity contribution in [1.82, 2.24) is 0 Å². The van der Waals surface area contributed by atoms with E-state index in [0.717, 1.165) is 11.3 Å². The number of hydrogen-bond donors (Lipinski definition) is 0. The van der Waals surface area contributed by atoms with Gasteiger partial charge in [0.05, 0.1) is 6.26 Å². The van der Waals surface area contributed by atoms with Gasteiger partial charge in [-0.1, -0.05) is 36.4 Å². The molecule has 0 spiro atoms. The lowest BCUT2D eigenvalue weighted by Gasteiger charge is -2.16. The topological polar surface area (TPSA) is 18.5 Å². The highest BCUT2D eigenvalue weighted by atomic mass is 16.5. The van der Waals surface area contributed by atoms with Gasteiger partial charge in [-0.2, -0.15) is 0 Å². The first-order valence-corrected chi connectivity index (χ1v) is 8.41. The van der Waals surface area contributed by atoms with Crippen molar-refractivity contribution in [3.8, 4) is 5.75 Å². The predicted molar refractivity (Wildman–Crippen MR) is 94.6 cm³/mol. The summed E-state index contributed by atoms with van der Waals surface area (Å²) in [4.78, 5) is 0. The second-order valence-electron chi connectivity index (χ2n) is 6.02. The van der Waals surface area contributed by atoms with Crippen molar-refractivity contribution >= 4 is 5.57 Å². The first-order valence-electron chi connectivity index (χ1n) is 8.41. The molecule has 0 saturated carbocycles. The Balaban J connectivity index is 1.49. The fourth-order valence-electron chi connectivity index (χ4n) is 2.96. The molecule has 1 aliphatic rings. The molecule has 0 atom stereocenters. The second-order valence-corrected chi connectivity index (χ2v) is 6.02. The zero-order valence-electron chi connectivity index (χ0n) is 13.8. The lowest BCUT2D eigenvalue weighted by Crippen LogP contribution is -2.04. The normalized spacial score (nSPS) is 14.2. The smallest absolute Gasteiger partial charge is 0.122 e. The van der Waals surface area contributed by atoms with Gasteiger partial charge in [0.2, 0.25) is 0 Å². The van der Waals surface area contributed by atoms with E-state index in [1.807, 2.05) is 36.6 Å². The molecule has 0 radical (unpaired) electrons. The Morgan fingerprint density at radius 1 is 0.957 bits per heavy atom. The summed E-state index contributed by atoms with van der Waals surface area (Å²) in [6.07, 6.45) is 6.92. The maximum absolute atomic E-state index is 5.63. The molecule has 120 valence electrons. The zero-order chi connectivity index (χ0) is 15.9. The van der Waals surface area contributed by atoms with Crippen LogP contribution in [0.15, 0.2) is 54.8 Å². The number of para-hydroxylation sites is 1.